The van der Waals surface area contributed by atoms with Crippen LogP contribution in [0.2, 0.25) is 0 Å². The zero-order valence-electron chi connectivity index (χ0n) is 25.3. The number of ether oxygens (including phenoxy) is 1. The van der Waals surface area contributed by atoms with Crippen molar-refractivity contribution < 1.29 is 17.9 Å². The Bertz CT molecular complexity index is 1590. The molecule has 9 nitrogen and oxygen atoms in total. The number of morpholine rings is 1. The Hall–Kier alpha value is -2.79. The first-order valence-corrected chi connectivity index (χ1v) is 16.8. The third kappa shape index (κ3) is 6.41. The van der Waals surface area contributed by atoms with E-state index in [0.29, 0.717) is 50.8 Å². The summed E-state index contributed by atoms with van der Waals surface area (Å²) in [7, 11) is -3.31. The molecular formula is C32H44N4O5S. The van der Waals surface area contributed by atoms with Crippen molar-refractivity contribution in [2.45, 2.75) is 59.4 Å². The predicted molar refractivity (Wildman–Crippen MR) is 166 cm³/mol. The lowest BCUT2D eigenvalue weighted by Gasteiger charge is -2.36. The van der Waals surface area contributed by atoms with Gasteiger partial charge < -0.3 is 14.3 Å². The van der Waals surface area contributed by atoms with Gasteiger partial charge in [-0.15, -0.1) is 0 Å². The number of carbonyl (C=O) groups excluding carboxylic acids is 1. The Kier molecular flexibility index (Phi) is 9.37. The van der Waals surface area contributed by atoms with Crippen molar-refractivity contribution >= 4 is 26.7 Å². The van der Waals surface area contributed by atoms with Crippen LogP contribution in [0.1, 0.15) is 65.1 Å². The molecule has 0 unspecified atom stereocenters. The fourth-order valence-corrected chi connectivity index (χ4v) is 8.38. The molecule has 10 heteroatoms. The summed E-state index contributed by atoms with van der Waals surface area (Å²) in [6.45, 7) is 12.5. The van der Waals surface area contributed by atoms with Gasteiger partial charge in [-0.05, 0) is 70.6 Å². The molecule has 1 aromatic carbocycles. The maximum Gasteiger partial charge on any atom is 0.251 e. The molecule has 4 heterocycles. The van der Waals surface area contributed by atoms with Crippen LogP contribution in [0.5, 0.6) is 0 Å². The van der Waals surface area contributed by atoms with E-state index in [-0.39, 0.29) is 29.6 Å². The zero-order chi connectivity index (χ0) is 30.0. The highest BCUT2D eigenvalue weighted by Gasteiger charge is 2.33. The van der Waals surface area contributed by atoms with E-state index in [2.05, 4.69) is 27.4 Å². The minimum Gasteiger partial charge on any atom is -0.379 e. The van der Waals surface area contributed by atoms with Crippen molar-refractivity contribution in [3.8, 4) is 0 Å². The SMILES string of the molecule is Cc1cc(C)c(CCC(=O)c2c(C)n([C@H](C)C3CCN(S(=O)(=O)CCN4CCOCC4)CC3)c3ccccc23)c(=O)[nH]1. The van der Waals surface area contributed by atoms with Gasteiger partial charge in [-0.3, -0.25) is 14.5 Å². The van der Waals surface area contributed by atoms with Crippen molar-refractivity contribution in [1.82, 2.24) is 18.8 Å². The van der Waals surface area contributed by atoms with Crippen LogP contribution in [-0.2, 0) is 21.2 Å². The van der Waals surface area contributed by atoms with Crippen molar-refractivity contribution in [2.24, 2.45) is 5.92 Å². The number of fused-ring (bicyclic) bond motifs is 1. The van der Waals surface area contributed by atoms with E-state index in [1.165, 1.54) is 0 Å². The maximum atomic E-state index is 13.7. The van der Waals surface area contributed by atoms with Crippen LogP contribution in [0.4, 0.5) is 0 Å². The van der Waals surface area contributed by atoms with Gasteiger partial charge in [0, 0.05) is 78.6 Å². The summed E-state index contributed by atoms with van der Waals surface area (Å²) >= 11 is 0. The van der Waals surface area contributed by atoms with Gasteiger partial charge in [0.2, 0.25) is 10.0 Å². The first-order valence-electron chi connectivity index (χ1n) is 15.2. The highest BCUT2D eigenvalue weighted by atomic mass is 32.2. The number of aromatic amines is 1. The minimum absolute atomic E-state index is 0.0372. The Morgan fingerprint density at radius 1 is 1.07 bits per heavy atom. The van der Waals surface area contributed by atoms with Gasteiger partial charge in [-0.25, -0.2) is 12.7 Å². The average Bonchev–Trinajstić information content (AvgIpc) is 3.27. The minimum atomic E-state index is -3.31. The molecule has 2 saturated heterocycles. The molecule has 228 valence electrons. The third-order valence-electron chi connectivity index (χ3n) is 9.28. The normalized spacial score (nSPS) is 18.5. The monoisotopic (exact) mass is 596 g/mol. The van der Waals surface area contributed by atoms with Crippen LogP contribution < -0.4 is 5.56 Å². The summed E-state index contributed by atoms with van der Waals surface area (Å²) in [5, 5.41) is 0.935. The van der Waals surface area contributed by atoms with Crippen LogP contribution in [0, 0.1) is 26.7 Å². The fraction of sp³-hybridized carbons (Fsp3) is 0.562. The number of carbonyl (C=O) groups is 1. The maximum absolute atomic E-state index is 13.7. The molecule has 0 bridgehead atoms. The van der Waals surface area contributed by atoms with Crippen molar-refractivity contribution in [3.63, 3.8) is 0 Å². The number of nitrogens with one attached hydrogen (secondary N) is 1. The number of aryl methyl sites for hydroxylation is 2. The van der Waals surface area contributed by atoms with E-state index in [4.69, 9.17) is 4.74 Å². The van der Waals surface area contributed by atoms with Crippen LogP contribution in [0.3, 0.4) is 0 Å². The number of nitrogens with zero attached hydrogens (tertiary/aromatic N) is 3. The second-order valence-electron chi connectivity index (χ2n) is 12.0. The molecule has 2 aliphatic heterocycles. The van der Waals surface area contributed by atoms with Crippen molar-refractivity contribution in [3.05, 3.63) is 68.8 Å². The number of hydrogen-bond acceptors (Lipinski definition) is 6. The van der Waals surface area contributed by atoms with Gasteiger partial charge in [-0.2, -0.15) is 0 Å². The molecule has 2 aliphatic rings. The molecule has 1 atom stereocenters. The summed E-state index contributed by atoms with van der Waals surface area (Å²) < 4.78 is 35.5. The number of hydrogen-bond donors (Lipinski definition) is 1. The summed E-state index contributed by atoms with van der Waals surface area (Å²) in [5.41, 5.74) is 4.95. The first kappa shape index (κ1) is 30.7. The van der Waals surface area contributed by atoms with Crippen molar-refractivity contribution in [1.29, 1.82) is 0 Å². The molecule has 0 saturated carbocycles. The largest absolute Gasteiger partial charge is 0.379 e. The van der Waals surface area contributed by atoms with Crippen molar-refractivity contribution in [2.75, 3.05) is 51.7 Å². The molecule has 2 aromatic heterocycles. The van der Waals surface area contributed by atoms with Crippen LogP contribution in [-0.4, -0.2) is 84.6 Å². The highest BCUT2D eigenvalue weighted by molar-refractivity contribution is 7.89. The number of piperidine rings is 1. The molecular weight excluding hydrogens is 552 g/mol. The highest BCUT2D eigenvalue weighted by Crippen LogP contribution is 2.36. The van der Waals surface area contributed by atoms with Gasteiger partial charge >= 0.3 is 0 Å². The molecule has 0 radical (unpaired) electrons. The second-order valence-corrected chi connectivity index (χ2v) is 14.0. The number of aromatic nitrogens is 2. The summed E-state index contributed by atoms with van der Waals surface area (Å²) in [6, 6.07) is 10.1. The number of benzene rings is 1. The molecule has 0 amide bonds. The number of H-pyrrole nitrogens is 1. The Morgan fingerprint density at radius 2 is 1.76 bits per heavy atom. The number of pyridine rings is 1. The quantitative estimate of drug-likeness (QED) is 0.355. The smallest absolute Gasteiger partial charge is 0.251 e. The van der Waals surface area contributed by atoms with Gasteiger partial charge in [0.1, 0.15) is 0 Å². The number of Topliss-reactive ketones (excluding diaryl/α,β-unsaturated/α-hetero) is 1. The topological polar surface area (TPSA) is 105 Å². The van der Waals surface area contributed by atoms with Crippen LogP contribution in [0.25, 0.3) is 10.9 Å². The first-order chi connectivity index (χ1) is 20.1. The van der Waals surface area contributed by atoms with E-state index >= 15 is 0 Å². The second kappa shape index (κ2) is 12.8. The van der Waals surface area contributed by atoms with Gasteiger partial charge in [-0.1, -0.05) is 18.2 Å². The Balaban J connectivity index is 1.29. The number of ketones is 1. The molecule has 0 spiro atoms. The summed E-state index contributed by atoms with van der Waals surface area (Å²) in [5.74, 6) is 0.478. The van der Waals surface area contributed by atoms with Gasteiger partial charge in [0.25, 0.3) is 5.56 Å². The van der Waals surface area contributed by atoms with Gasteiger partial charge in [0.15, 0.2) is 5.78 Å². The van der Waals surface area contributed by atoms with Crippen LogP contribution in [0.15, 0.2) is 35.1 Å². The molecule has 3 aromatic rings. The predicted octanol–water partition coefficient (Wildman–Crippen LogP) is 4.01. The number of para-hydroxylation sites is 1. The average molecular weight is 597 g/mol. The van der Waals surface area contributed by atoms with E-state index in [1.807, 2.05) is 45.0 Å². The van der Waals surface area contributed by atoms with Crippen LogP contribution >= 0.6 is 0 Å². The molecule has 0 aliphatic carbocycles. The molecule has 1 N–H and O–H groups in total. The molecule has 2 fully saturated rings. The van der Waals surface area contributed by atoms with E-state index < -0.39 is 10.0 Å². The number of rotatable bonds is 10. The van der Waals surface area contributed by atoms with E-state index in [0.717, 1.165) is 59.3 Å². The third-order valence-corrected chi connectivity index (χ3v) is 11.1. The fourth-order valence-electron chi connectivity index (χ4n) is 6.87. The Labute approximate surface area is 248 Å². The van der Waals surface area contributed by atoms with E-state index in [9.17, 15) is 18.0 Å². The lowest BCUT2D eigenvalue weighted by molar-refractivity contribution is 0.0406. The molecule has 5 rings (SSSR count). The summed E-state index contributed by atoms with van der Waals surface area (Å²) in [6.07, 6.45) is 2.22. The van der Waals surface area contributed by atoms with Gasteiger partial charge in [0.05, 0.1) is 19.0 Å². The standard InChI is InChI=1S/C32H44N4O5S/c1-22-21-23(2)33-32(38)27(22)9-10-30(37)31-25(4)36(29-8-6-5-7-28(29)31)24(3)26-11-13-35(14-12-26)42(39,40)20-17-34-15-18-41-19-16-34/h5-8,21,24,26H,9-20H2,1-4H3,(H,33,38)/t24-/m1/s1. The van der Waals surface area contributed by atoms with E-state index in [1.54, 1.807) is 4.31 Å². The number of sulfonamides is 1. The lowest BCUT2D eigenvalue weighted by Crippen LogP contribution is -2.45. The molecule has 42 heavy (non-hydrogen) atoms. The Morgan fingerprint density at radius 3 is 2.45 bits per heavy atom. The zero-order valence-corrected chi connectivity index (χ0v) is 26.1. The lowest BCUT2D eigenvalue weighted by atomic mass is 9.91. The summed E-state index contributed by atoms with van der Waals surface area (Å²) in [4.78, 5) is 31.2.